The first kappa shape index (κ1) is 19.2. The van der Waals surface area contributed by atoms with Gasteiger partial charge in [-0.15, -0.1) is 11.3 Å². The number of ether oxygens (including phenoxy) is 3. The van der Waals surface area contributed by atoms with Gasteiger partial charge in [0.2, 0.25) is 0 Å². The Morgan fingerprint density at radius 3 is 2.61 bits per heavy atom. The van der Waals surface area contributed by atoms with E-state index >= 15 is 0 Å². The maximum Gasteiger partial charge on any atom is 0.261 e. The quantitative estimate of drug-likeness (QED) is 0.833. The number of carbonyl (C=O) groups is 1. The van der Waals surface area contributed by atoms with Crippen molar-refractivity contribution in [3.8, 4) is 21.9 Å². The van der Waals surface area contributed by atoms with E-state index in [0.29, 0.717) is 24.6 Å². The Morgan fingerprint density at radius 1 is 1.07 bits per heavy atom. The maximum atomic E-state index is 12.7. The fourth-order valence-corrected chi connectivity index (χ4v) is 4.39. The number of fused-ring (bicyclic) bond motifs is 1. The molecule has 4 rings (SSSR count). The number of hydrogen-bond acceptors (Lipinski definition) is 6. The molecular formula is C21H26N2O4S. The predicted octanol–water partition coefficient (Wildman–Crippen LogP) is 3.03. The van der Waals surface area contributed by atoms with E-state index < -0.39 is 0 Å². The van der Waals surface area contributed by atoms with Crippen molar-refractivity contribution in [1.82, 2.24) is 10.2 Å². The third kappa shape index (κ3) is 4.16. The minimum absolute atomic E-state index is 0.0323. The molecule has 1 saturated heterocycles. The molecule has 0 bridgehead atoms. The highest BCUT2D eigenvalue weighted by molar-refractivity contribution is 7.17. The lowest BCUT2D eigenvalue weighted by Crippen LogP contribution is -2.55. The second-order valence-corrected chi connectivity index (χ2v) is 8.70. The van der Waals surface area contributed by atoms with Crippen molar-refractivity contribution < 1.29 is 19.0 Å². The van der Waals surface area contributed by atoms with Gasteiger partial charge < -0.3 is 19.5 Å². The van der Waals surface area contributed by atoms with E-state index in [9.17, 15) is 4.79 Å². The number of thiophene rings is 1. The van der Waals surface area contributed by atoms with Crippen LogP contribution in [0.3, 0.4) is 0 Å². The lowest BCUT2D eigenvalue weighted by molar-refractivity contribution is -0.00922. The molecule has 28 heavy (non-hydrogen) atoms. The molecule has 0 radical (unpaired) electrons. The average molecular weight is 403 g/mol. The lowest BCUT2D eigenvalue weighted by atomic mass is 10.0. The molecule has 2 aromatic rings. The summed E-state index contributed by atoms with van der Waals surface area (Å²) in [7, 11) is 0. The molecule has 150 valence electrons. The minimum atomic E-state index is -0.102. The summed E-state index contributed by atoms with van der Waals surface area (Å²) in [4.78, 5) is 16.8. The molecule has 6 nitrogen and oxygen atoms in total. The van der Waals surface area contributed by atoms with Crippen LogP contribution in [0.2, 0.25) is 0 Å². The van der Waals surface area contributed by atoms with Gasteiger partial charge in [-0.25, -0.2) is 0 Å². The van der Waals surface area contributed by atoms with Crippen LogP contribution in [0, 0.1) is 0 Å². The molecule has 1 aromatic carbocycles. The van der Waals surface area contributed by atoms with Crippen molar-refractivity contribution in [2.24, 2.45) is 0 Å². The third-order valence-electron chi connectivity index (χ3n) is 5.21. The highest BCUT2D eigenvalue weighted by Crippen LogP contribution is 2.36. The van der Waals surface area contributed by atoms with Gasteiger partial charge in [-0.3, -0.25) is 9.69 Å². The third-order valence-corrected chi connectivity index (χ3v) is 6.34. The molecule has 0 aliphatic carbocycles. The van der Waals surface area contributed by atoms with Crippen LogP contribution >= 0.6 is 11.3 Å². The molecule has 0 spiro atoms. The minimum Gasteiger partial charge on any atom is -0.486 e. The van der Waals surface area contributed by atoms with Crippen molar-refractivity contribution >= 4 is 17.2 Å². The zero-order valence-electron chi connectivity index (χ0n) is 16.3. The first-order chi connectivity index (χ1) is 13.5. The highest BCUT2D eigenvalue weighted by Gasteiger charge is 2.29. The van der Waals surface area contributed by atoms with Crippen molar-refractivity contribution in [1.29, 1.82) is 0 Å². The summed E-state index contributed by atoms with van der Waals surface area (Å²) in [6, 6.07) is 9.77. The number of morpholine rings is 1. The van der Waals surface area contributed by atoms with Crippen LogP contribution in [0.4, 0.5) is 0 Å². The number of hydrogen-bond donors (Lipinski definition) is 1. The normalized spacial score (nSPS) is 17.4. The molecule has 1 aromatic heterocycles. The van der Waals surface area contributed by atoms with E-state index in [1.807, 2.05) is 30.3 Å². The highest BCUT2D eigenvalue weighted by atomic mass is 32.1. The second kappa shape index (κ2) is 8.11. The van der Waals surface area contributed by atoms with E-state index in [1.54, 1.807) is 0 Å². The monoisotopic (exact) mass is 402 g/mol. The summed E-state index contributed by atoms with van der Waals surface area (Å²) in [5.74, 6) is 1.50. The Kier molecular flexibility index (Phi) is 5.57. The summed E-state index contributed by atoms with van der Waals surface area (Å²) in [6.45, 7) is 9.36. The maximum absolute atomic E-state index is 12.7. The Bertz CT molecular complexity index is 843. The van der Waals surface area contributed by atoms with E-state index in [2.05, 4.69) is 24.1 Å². The van der Waals surface area contributed by atoms with Crippen molar-refractivity contribution in [3.05, 3.63) is 35.2 Å². The van der Waals surface area contributed by atoms with Gasteiger partial charge in [0.05, 0.1) is 18.1 Å². The first-order valence-electron chi connectivity index (χ1n) is 9.64. The first-order valence-corrected chi connectivity index (χ1v) is 10.5. The van der Waals surface area contributed by atoms with Gasteiger partial charge in [0.25, 0.3) is 5.91 Å². The fraction of sp³-hybridized carbons (Fsp3) is 0.476. The van der Waals surface area contributed by atoms with Crippen LogP contribution in [0.5, 0.6) is 11.5 Å². The topological polar surface area (TPSA) is 60.0 Å². The summed E-state index contributed by atoms with van der Waals surface area (Å²) >= 11 is 1.49. The van der Waals surface area contributed by atoms with Crippen LogP contribution in [0.15, 0.2) is 30.3 Å². The van der Waals surface area contributed by atoms with Crippen LogP contribution < -0.4 is 14.8 Å². The second-order valence-electron chi connectivity index (χ2n) is 7.62. The molecule has 2 aliphatic heterocycles. The van der Waals surface area contributed by atoms with E-state index in [-0.39, 0.29) is 11.4 Å². The molecule has 1 fully saturated rings. The molecular weight excluding hydrogens is 376 g/mol. The van der Waals surface area contributed by atoms with E-state index in [1.165, 1.54) is 11.3 Å². The predicted molar refractivity (Wildman–Crippen MR) is 110 cm³/mol. The Morgan fingerprint density at radius 2 is 1.82 bits per heavy atom. The lowest BCUT2D eigenvalue weighted by Gasteiger charge is -2.40. The van der Waals surface area contributed by atoms with Gasteiger partial charge in [-0.2, -0.15) is 0 Å². The molecule has 0 atom stereocenters. The average Bonchev–Trinajstić information content (AvgIpc) is 3.23. The fourth-order valence-electron chi connectivity index (χ4n) is 3.48. The molecule has 1 N–H and O–H groups in total. The van der Waals surface area contributed by atoms with Gasteiger partial charge in [0.15, 0.2) is 11.5 Å². The molecule has 2 aliphatic rings. The molecule has 0 saturated carbocycles. The van der Waals surface area contributed by atoms with E-state index in [0.717, 1.165) is 48.2 Å². The number of nitrogens with one attached hydrogen (secondary N) is 1. The Labute approximate surface area is 169 Å². The molecule has 3 heterocycles. The Hall–Kier alpha value is -2.09. The summed E-state index contributed by atoms with van der Waals surface area (Å²) in [6.07, 6.45) is 0. The zero-order valence-corrected chi connectivity index (χ0v) is 17.1. The largest absolute Gasteiger partial charge is 0.486 e. The number of rotatable bonds is 5. The summed E-state index contributed by atoms with van der Waals surface area (Å²) in [5.41, 5.74) is 0.928. The zero-order chi connectivity index (χ0) is 19.6. The molecule has 7 heteroatoms. The van der Waals surface area contributed by atoms with Crippen molar-refractivity contribution in [2.45, 2.75) is 19.4 Å². The van der Waals surface area contributed by atoms with Crippen LogP contribution in [-0.4, -0.2) is 62.4 Å². The van der Waals surface area contributed by atoms with E-state index in [4.69, 9.17) is 14.2 Å². The van der Waals surface area contributed by atoms with Crippen molar-refractivity contribution in [3.63, 3.8) is 0 Å². The van der Waals surface area contributed by atoms with Crippen LogP contribution in [-0.2, 0) is 4.74 Å². The summed E-state index contributed by atoms with van der Waals surface area (Å²) in [5, 5.41) is 3.10. The van der Waals surface area contributed by atoms with Gasteiger partial charge in [0.1, 0.15) is 13.2 Å². The van der Waals surface area contributed by atoms with Crippen molar-refractivity contribution in [2.75, 3.05) is 46.1 Å². The van der Waals surface area contributed by atoms with Gasteiger partial charge in [0, 0.05) is 30.1 Å². The van der Waals surface area contributed by atoms with Gasteiger partial charge >= 0.3 is 0 Å². The Balaban J connectivity index is 1.40. The van der Waals surface area contributed by atoms with Crippen LogP contribution in [0.1, 0.15) is 23.5 Å². The number of amides is 1. The summed E-state index contributed by atoms with van der Waals surface area (Å²) < 4.78 is 16.7. The smallest absolute Gasteiger partial charge is 0.261 e. The van der Waals surface area contributed by atoms with Gasteiger partial charge in [-0.1, -0.05) is 0 Å². The SMILES string of the molecule is CC(C)(CNC(=O)c1ccc(-c2ccc3c(c2)OCCO3)s1)N1CCOCC1. The molecule has 1 amide bonds. The van der Waals surface area contributed by atoms with Crippen LogP contribution in [0.25, 0.3) is 10.4 Å². The number of nitrogens with zero attached hydrogens (tertiary/aromatic N) is 1. The molecule has 0 unspecified atom stereocenters. The standard InChI is InChI=1S/C21H26N2O4S/c1-21(2,23-7-9-25-10-8-23)14-22-20(24)19-6-5-18(28-19)15-3-4-16-17(13-15)27-12-11-26-16/h3-6,13H,7-12,14H2,1-2H3,(H,22,24). The van der Waals surface area contributed by atoms with Gasteiger partial charge in [-0.05, 0) is 49.7 Å². The number of carbonyl (C=O) groups excluding carboxylic acids is 1. The number of benzene rings is 1.